The summed E-state index contributed by atoms with van der Waals surface area (Å²) < 4.78 is 5.27. The monoisotopic (exact) mass is 283 g/mol. The highest BCUT2D eigenvalue weighted by atomic mass is 16.6. The molecule has 1 aromatic rings. The summed E-state index contributed by atoms with van der Waals surface area (Å²) >= 11 is 0. The number of ether oxygens (including phenoxy) is 1. The number of carbonyl (C=O) groups is 2. The first-order chi connectivity index (χ1) is 10.1. The number of hydrogen-bond donors (Lipinski definition) is 0. The molecule has 1 fully saturated rings. The van der Waals surface area contributed by atoms with Crippen LogP contribution in [0.1, 0.15) is 19.8 Å². The van der Waals surface area contributed by atoms with Crippen molar-refractivity contribution < 1.29 is 14.3 Å². The van der Waals surface area contributed by atoms with Crippen LogP contribution < -0.4 is 4.74 Å². The van der Waals surface area contributed by atoms with E-state index in [9.17, 15) is 9.59 Å². The van der Waals surface area contributed by atoms with E-state index >= 15 is 0 Å². The predicted molar refractivity (Wildman–Crippen MR) is 78.4 cm³/mol. The van der Waals surface area contributed by atoms with Gasteiger partial charge in [0, 0.05) is 23.9 Å². The van der Waals surface area contributed by atoms with Gasteiger partial charge in [0.1, 0.15) is 5.75 Å². The van der Waals surface area contributed by atoms with Crippen LogP contribution in [0.15, 0.2) is 54.4 Å². The van der Waals surface area contributed by atoms with E-state index in [1.54, 1.807) is 43.6 Å². The third-order valence-corrected chi connectivity index (χ3v) is 3.79. The minimum absolute atomic E-state index is 0.00811. The van der Waals surface area contributed by atoms with Gasteiger partial charge in [0.25, 0.3) is 0 Å². The topological polar surface area (TPSA) is 46.6 Å². The summed E-state index contributed by atoms with van der Waals surface area (Å²) in [4.78, 5) is 25.2. The van der Waals surface area contributed by atoms with E-state index in [1.165, 1.54) is 4.90 Å². The van der Waals surface area contributed by atoms with Gasteiger partial charge in [-0.2, -0.15) is 0 Å². The normalized spacial score (nSPS) is 20.9. The van der Waals surface area contributed by atoms with Crippen LogP contribution >= 0.6 is 0 Å². The lowest BCUT2D eigenvalue weighted by Gasteiger charge is -2.24. The Balaban J connectivity index is 1.75. The van der Waals surface area contributed by atoms with Crippen molar-refractivity contribution in [2.45, 2.75) is 19.8 Å². The van der Waals surface area contributed by atoms with Crippen molar-refractivity contribution in [2.75, 3.05) is 0 Å². The second-order valence-corrected chi connectivity index (χ2v) is 5.43. The minimum Gasteiger partial charge on any atom is -0.410 e. The zero-order valence-electron chi connectivity index (χ0n) is 11.9. The smallest absolute Gasteiger partial charge is 0.410 e. The largest absolute Gasteiger partial charge is 0.423 e. The maximum Gasteiger partial charge on any atom is 0.423 e. The zero-order chi connectivity index (χ0) is 14.8. The van der Waals surface area contributed by atoms with Crippen LogP contribution in [0.4, 0.5) is 4.79 Å². The van der Waals surface area contributed by atoms with Crippen molar-refractivity contribution in [1.82, 2.24) is 4.90 Å². The maximum atomic E-state index is 12.1. The van der Waals surface area contributed by atoms with Gasteiger partial charge in [0.15, 0.2) is 5.78 Å². The first kappa shape index (κ1) is 13.6. The highest BCUT2D eigenvalue weighted by Gasteiger charge is 2.35. The van der Waals surface area contributed by atoms with Crippen LogP contribution in [0.5, 0.6) is 5.75 Å². The molecule has 0 spiro atoms. The quantitative estimate of drug-likeness (QED) is 0.852. The third-order valence-electron chi connectivity index (χ3n) is 3.79. The lowest BCUT2D eigenvalue weighted by molar-refractivity contribution is -0.114. The third kappa shape index (κ3) is 3.05. The van der Waals surface area contributed by atoms with E-state index in [1.807, 2.05) is 12.1 Å². The first-order valence-electron chi connectivity index (χ1n) is 7.11. The molecule has 0 N–H and O–H groups in total. The minimum atomic E-state index is -0.509. The van der Waals surface area contributed by atoms with E-state index < -0.39 is 6.09 Å². The van der Waals surface area contributed by atoms with Gasteiger partial charge in [-0.05, 0) is 37.8 Å². The number of carbonyl (C=O) groups excluding carboxylic acids is 2. The zero-order valence-corrected chi connectivity index (χ0v) is 11.9. The highest BCUT2D eigenvalue weighted by Crippen LogP contribution is 2.42. The molecule has 108 valence electrons. The van der Waals surface area contributed by atoms with Crippen molar-refractivity contribution in [1.29, 1.82) is 0 Å². The Morgan fingerprint density at radius 3 is 2.52 bits per heavy atom. The van der Waals surface area contributed by atoms with Gasteiger partial charge in [-0.3, -0.25) is 9.69 Å². The first-order valence-corrected chi connectivity index (χ1v) is 7.11. The molecular formula is C17H17NO3. The lowest BCUT2D eigenvalue weighted by Crippen LogP contribution is -2.29. The van der Waals surface area contributed by atoms with E-state index in [2.05, 4.69) is 0 Å². The fraction of sp³-hybridized carbons (Fsp3) is 0.294. The number of ketones is 1. The van der Waals surface area contributed by atoms with E-state index in [-0.39, 0.29) is 11.7 Å². The molecule has 2 aliphatic rings. The number of nitrogens with zero attached hydrogens (tertiary/aromatic N) is 1. The fourth-order valence-corrected chi connectivity index (χ4v) is 2.52. The Kier molecular flexibility index (Phi) is 3.60. The van der Waals surface area contributed by atoms with Gasteiger partial charge < -0.3 is 4.74 Å². The summed E-state index contributed by atoms with van der Waals surface area (Å²) in [7, 11) is 0. The molecule has 1 unspecified atom stereocenters. The summed E-state index contributed by atoms with van der Waals surface area (Å²) in [5.74, 6) is 1.18. The molecular weight excluding hydrogens is 266 g/mol. The van der Waals surface area contributed by atoms with Crippen LogP contribution in [0, 0.1) is 11.8 Å². The SMILES string of the molecule is CC(=O)C1=CN(C(=O)Oc2ccccc2)C=CC1C1CC1. The molecule has 1 heterocycles. The summed E-state index contributed by atoms with van der Waals surface area (Å²) in [6.07, 6.45) is 7.02. The second kappa shape index (κ2) is 5.56. The summed E-state index contributed by atoms with van der Waals surface area (Å²) in [5.41, 5.74) is 0.685. The van der Waals surface area contributed by atoms with Gasteiger partial charge >= 0.3 is 6.09 Å². The van der Waals surface area contributed by atoms with Gasteiger partial charge in [0.2, 0.25) is 0 Å². The average molecular weight is 283 g/mol. The lowest BCUT2D eigenvalue weighted by atomic mass is 9.90. The molecule has 0 aromatic heterocycles. The van der Waals surface area contributed by atoms with Gasteiger partial charge in [-0.1, -0.05) is 24.3 Å². The summed E-state index contributed by atoms with van der Waals surface area (Å²) in [6, 6.07) is 8.89. The number of hydrogen-bond acceptors (Lipinski definition) is 3. The van der Waals surface area contributed by atoms with Crippen molar-refractivity contribution in [2.24, 2.45) is 11.8 Å². The number of para-hydroxylation sites is 1. The maximum absolute atomic E-state index is 12.1. The Bertz CT molecular complexity index is 614. The molecule has 1 aliphatic heterocycles. The number of Topliss-reactive ketones (excluding diaryl/α,β-unsaturated/α-hetero) is 1. The Labute approximate surface area is 123 Å². The van der Waals surface area contributed by atoms with Crippen LogP contribution in [-0.2, 0) is 4.79 Å². The molecule has 1 atom stereocenters. The molecule has 1 amide bonds. The molecule has 21 heavy (non-hydrogen) atoms. The molecule has 3 rings (SSSR count). The van der Waals surface area contributed by atoms with Crippen molar-refractivity contribution in [3.05, 3.63) is 54.4 Å². The molecule has 0 radical (unpaired) electrons. The Hall–Kier alpha value is -2.36. The molecule has 0 bridgehead atoms. The van der Waals surface area contributed by atoms with E-state index in [0.29, 0.717) is 17.2 Å². The second-order valence-electron chi connectivity index (χ2n) is 5.43. The Morgan fingerprint density at radius 2 is 1.90 bits per heavy atom. The number of amides is 1. The standard InChI is InChI=1S/C17H17NO3/c1-12(19)16-11-18(10-9-15(16)13-7-8-13)17(20)21-14-5-3-2-4-6-14/h2-6,9-11,13,15H,7-8H2,1H3. The van der Waals surface area contributed by atoms with Crippen LogP contribution in [-0.4, -0.2) is 16.8 Å². The molecule has 1 aromatic carbocycles. The van der Waals surface area contributed by atoms with E-state index in [4.69, 9.17) is 4.74 Å². The average Bonchev–Trinajstić information content (AvgIpc) is 3.32. The van der Waals surface area contributed by atoms with Crippen LogP contribution in [0.2, 0.25) is 0 Å². The van der Waals surface area contributed by atoms with Crippen molar-refractivity contribution >= 4 is 11.9 Å². The number of allylic oxidation sites excluding steroid dienone is 2. The number of benzene rings is 1. The molecule has 4 heteroatoms. The van der Waals surface area contributed by atoms with E-state index in [0.717, 1.165) is 12.8 Å². The summed E-state index contributed by atoms with van der Waals surface area (Å²) in [5, 5.41) is 0. The number of rotatable bonds is 3. The van der Waals surface area contributed by atoms with Crippen molar-refractivity contribution in [3.63, 3.8) is 0 Å². The van der Waals surface area contributed by atoms with Gasteiger partial charge in [-0.15, -0.1) is 0 Å². The molecule has 1 saturated carbocycles. The van der Waals surface area contributed by atoms with Crippen LogP contribution in [0.3, 0.4) is 0 Å². The van der Waals surface area contributed by atoms with Crippen molar-refractivity contribution in [3.8, 4) is 5.75 Å². The van der Waals surface area contributed by atoms with Crippen LogP contribution in [0.25, 0.3) is 0 Å². The van der Waals surface area contributed by atoms with Gasteiger partial charge in [-0.25, -0.2) is 4.79 Å². The fourth-order valence-electron chi connectivity index (χ4n) is 2.52. The highest BCUT2D eigenvalue weighted by molar-refractivity contribution is 5.95. The predicted octanol–water partition coefficient (Wildman–Crippen LogP) is 3.51. The molecule has 0 saturated heterocycles. The molecule has 4 nitrogen and oxygen atoms in total. The molecule has 1 aliphatic carbocycles. The van der Waals surface area contributed by atoms with Gasteiger partial charge in [0.05, 0.1) is 0 Å². The Morgan fingerprint density at radius 1 is 1.19 bits per heavy atom. The summed E-state index contributed by atoms with van der Waals surface area (Å²) in [6.45, 7) is 1.54.